The van der Waals surface area contributed by atoms with E-state index in [4.69, 9.17) is 4.74 Å². The van der Waals surface area contributed by atoms with Crippen LogP contribution in [0.4, 0.5) is 5.82 Å². The average Bonchev–Trinajstić information content (AvgIpc) is 2.82. The maximum Gasteiger partial charge on any atom is 0.255 e. The standard InChI is InChI=1S/C25H29N5O2/c1-17-21-4-2-3-5-22(21)24(27-26-17)29-13-18-12-20(16-29)23-7-6-19(25(31)30(23)14-18)15-28-8-10-32-11-9-28/h2-7,18,20H,8-16H2,1H3/t18-,20+/m0/s1. The summed E-state index contributed by atoms with van der Waals surface area (Å²) < 4.78 is 7.51. The Hall–Kier alpha value is -2.77. The van der Waals surface area contributed by atoms with Gasteiger partial charge in [-0.05, 0) is 25.3 Å². The molecule has 2 fully saturated rings. The maximum atomic E-state index is 13.4. The fourth-order valence-corrected chi connectivity index (χ4v) is 5.74. The molecule has 7 heteroatoms. The zero-order chi connectivity index (χ0) is 21.7. The fraction of sp³-hybridized carbons (Fsp3) is 0.480. The SMILES string of the molecule is Cc1nnc(N2C[C@@H]3C[C@H](C2)c2ccc(CN4CCOCC4)c(=O)n2C3)c2ccccc12. The Morgan fingerprint density at radius 2 is 1.81 bits per heavy atom. The number of pyridine rings is 1. The Morgan fingerprint density at radius 3 is 2.66 bits per heavy atom. The summed E-state index contributed by atoms with van der Waals surface area (Å²) >= 11 is 0. The van der Waals surface area contributed by atoms with Crippen LogP contribution in [-0.4, -0.2) is 59.1 Å². The first-order valence-electron chi connectivity index (χ1n) is 11.7. The van der Waals surface area contributed by atoms with Crippen molar-refractivity contribution in [2.45, 2.75) is 32.4 Å². The van der Waals surface area contributed by atoms with Gasteiger partial charge in [-0.1, -0.05) is 30.3 Å². The molecule has 1 aromatic carbocycles. The van der Waals surface area contributed by atoms with Crippen LogP contribution in [0, 0.1) is 12.8 Å². The maximum absolute atomic E-state index is 13.4. The van der Waals surface area contributed by atoms with Crippen molar-refractivity contribution in [2.24, 2.45) is 5.92 Å². The predicted octanol–water partition coefficient (Wildman–Crippen LogP) is 2.56. The number of anilines is 1. The van der Waals surface area contributed by atoms with E-state index in [9.17, 15) is 4.79 Å². The number of benzene rings is 1. The van der Waals surface area contributed by atoms with E-state index in [1.807, 2.05) is 6.92 Å². The van der Waals surface area contributed by atoms with E-state index < -0.39 is 0 Å². The predicted molar refractivity (Wildman–Crippen MR) is 124 cm³/mol. The summed E-state index contributed by atoms with van der Waals surface area (Å²) in [6, 6.07) is 12.7. The highest BCUT2D eigenvalue weighted by Gasteiger charge is 2.36. The zero-order valence-corrected chi connectivity index (χ0v) is 18.5. The topological polar surface area (TPSA) is 63.5 Å². The number of hydrogen-bond donors (Lipinski definition) is 0. The summed E-state index contributed by atoms with van der Waals surface area (Å²) in [7, 11) is 0. The molecule has 0 unspecified atom stereocenters. The van der Waals surface area contributed by atoms with Gasteiger partial charge < -0.3 is 14.2 Å². The second kappa shape index (κ2) is 7.98. The summed E-state index contributed by atoms with van der Waals surface area (Å²) in [5.74, 6) is 1.76. The number of hydrogen-bond acceptors (Lipinski definition) is 6. The molecule has 2 bridgehead atoms. The van der Waals surface area contributed by atoms with Crippen LogP contribution in [-0.2, 0) is 17.8 Å². The number of morpholine rings is 1. The molecule has 5 heterocycles. The molecule has 0 amide bonds. The van der Waals surface area contributed by atoms with Crippen molar-refractivity contribution in [3.8, 4) is 0 Å². The van der Waals surface area contributed by atoms with Crippen molar-refractivity contribution in [2.75, 3.05) is 44.3 Å². The molecule has 3 aliphatic heterocycles. The van der Waals surface area contributed by atoms with Crippen LogP contribution in [0.25, 0.3) is 10.8 Å². The zero-order valence-electron chi connectivity index (χ0n) is 18.5. The van der Waals surface area contributed by atoms with Crippen LogP contribution in [0.5, 0.6) is 0 Å². The smallest absolute Gasteiger partial charge is 0.255 e. The summed E-state index contributed by atoms with van der Waals surface area (Å²) in [4.78, 5) is 18.1. The number of fused-ring (bicyclic) bond motifs is 5. The van der Waals surface area contributed by atoms with E-state index in [0.29, 0.717) is 11.8 Å². The van der Waals surface area contributed by atoms with E-state index in [1.54, 1.807) is 0 Å². The van der Waals surface area contributed by atoms with Crippen LogP contribution in [0.15, 0.2) is 41.2 Å². The van der Waals surface area contributed by atoms with Crippen molar-refractivity contribution in [1.29, 1.82) is 0 Å². The Kier molecular flexibility index (Phi) is 4.96. The van der Waals surface area contributed by atoms with E-state index >= 15 is 0 Å². The lowest BCUT2D eigenvalue weighted by molar-refractivity contribution is 0.0339. The molecule has 0 N–H and O–H groups in total. The number of nitrogens with zero attached hydrogens (tertiary/aromatic N) is 5. The molecule has 6 rings (SSSR count). The van der Waals surface area contributed by atoms with Crippen LogP contribution in [0.1, 0.15) is 29.3 Å². The quantitative estimate of drug-likeness (QED) is 0.635. The van der Waals surface area contributed by atoms with Gasteiger partial charge in [-0.25, -0.2) is 0 Å². The van der Waals surface area contributed by atoms with E-state index in [0.717, 1.165) is 81.4 Å². The first-order chi connectivity index (χ1) is 15.7. The Bertz CT molecular complexity index is 1220. The minimum atomic E-state index is 0.192. The molecular weight excluding hydrogens is 402 g/mol. The molecule has 0 spiro atoms. The van der Waals surface area contributed by atoms with Crippen molar-refractivity contribution in [3.63, 3.8) is 0 Å². The van der Waals surface area contributed by atoms with Gasteiger partial charge in [0.25, 0.3) is 5.56 Å². The first kappa shape index (κ1) is 19.9. The molecule has 0 aliphatic carbocycles. The summed E-state index contributed by atoms with van der Waals surface area (Å²) in [6.07, 6.45) is 1.13. The highest BCUT2D eigenvalue weighted by Crippen LogP contribution is 2.38. The number of aryl methyl sites for hydroxylation is 1. The average molecular weight is 432 g/mol. The molecule has 0 saturated carbocycles. The number of piperidine rings is 1. The van der Waals surface area contributed by atoms with Crippen LogP contribution < -0.4 is 10.5 Å². The minimum Gasteiger partial charge on any atom is -0.379 e. The third kappa shape index (κ3) is 3.40. The van der Waals surface area contributed by atoms with E-state index in [-0.39, 0.29) is 5.56 Å². The minimum absolute atomic E-state index is 0.192. The van der Waals surface area contributed by atoms with Crippen molar-refractivity contribution in [1.82, 2.24) is 19.7 Å². The van der Waals surface area contributed by atoms with Gasteiger partial charge in [0.1, 0.15) is 0 Å². The van der Waals surface area contributed by atoms with Crippen LogP contribution >= 0.6 is 0 Å². The van der Waals surface area contributed by atoms with Gasteiger partial charge in [0.15, 0.2) is 5.82 Å². The van der Waals surface area contributed by atoms with Crippen LogP contribution in [0.2, 0.25) is 0 Å². The molecule has 2 atom stereocenters. The Balaban J connectivity index is 1.30. The lowest BCUT2D eigenvalue weighted by atomic mass is 9.83. The fourth-order valence-electron chi connectivity index (χ4n) is 5.74. The highest BCUT2D eigenvalue weighted by atomic mass is 16.5. The van der Waals surface area contributed by atoms with Gasteiger partial charge >= 0.3 is 0 Å². The second-order valence-electron chi connectivity index (χ2n) is 9.45. The summed E-state index contributed by atoms with van der Waals surface area (Å²) in [6.45, 7) is 8.61. The first-order valence-corrected chi connectivity index (χ1v) is 11.7. The molecule has 166 valence electrons. The largest absolute Gasteiger partial charge is 0.379 e. The van der Waals surface area contributed by atoms with Gasteiger partial charge in [-0.2, -0.15) is 5.10 Å². The van der Waals surface area contributed by atoms with Crippen molar-refractivity contribution >= 4 is 16.6 Å². The third-order valence-electron chi connectivity index (χ3n) is 7.33. The van der Waals surface area contributed by atoms with Gasteiger partial charge in [-0.3, -0.25) is 9.69 Å². The summed E-state index contributed by atoms with van der Waals surface area (Å²) in [5.41, 5.74) is 3.23. The second-order valence-corrected chi connectivity index (χ2v) is 9.45. The number of rotatable bonds is 3. The van der Waals surface area contributed by atoms with Crippen molar-refractivity contribution < 1.29 is 4.74 Å². The van der Waals surface area contributed by atoms with Crippen LogP contribution in [0.3, 0.4) is 0 Å². The van der Waals surface area contributed by atoms with Gasteiger partial charge in [0.2, 0.25) is 0 Å². The molecule has 2 saturated heterocycles. The van der Waals surface area contributed by atoms with Gasteiger partial charge in [0.05, 0.1) is 18.9 Å². The monoisotopic (exact) mass is 431 g/mol. The Labute approximate surface area is 187 Å². The molecular formula is C25H29N5O2. The van der Waals surface area contributed by atoms with Crippen molar-refractivity contribution in [3.05, 3.63) is 63.7 Å². The normalized spacial score (nSPS) is 23.3. The Morgan fingerprint density at radius 1 is 1.00 bits per heavy atom. The van der Waals surface area contributed by atoms with E-state index in [1.165, 1.54) is 11.1 Å². The summed E-state index contributed by atoms with van der Waals surface area (Å²) in [5, 5.41) is 11.4. The molecule has 2 aromatic heterocycles. The van der Waals surface area contributed by atoms with Gasteiger partial charge in [0, 0.05) is 67.2 Å². The lowest BCUT2D eigenvalue weighted by Gasteiger charge is -2.43. The molecule has 3 aliphatic rings. The number of aromatic nitrogens is 3. The molecule has 0 radical (unpaired) electrons. The van der Waals surface area contributed by atoms with E-state index in [2.05, 4.69) is 61.0 Å². The molecule has 3 aromatic rings. The third-order valence-corrected chi connectivity index (χ3v) is 7.33. The lowest BCUT2D eigenvalue weighted by Crippen LogP contribution is -2.48. The molecule has 32 heavy (non-hydrogen) atoms. The highest BCUT2D eigenvalue weighted by molar-refractivity contribution is 5.93. The number of ether oxygens (including phenoxy) is 1. The van der Waals surface area contributed by atoms with Gasteiger partial charge in [-0.15, -0.1) is 5.10 Å². The molecule has 7 nitrogen and oxygen atoms in total.